The van der Waals surface area contributed by atoms with Gasteiger partial charge in [0, 0.05) is 32.1 Å². The molecule has 2 aromatic heterocycles. The fourth-order valence-corrected chi connectivity index (χ4v) is 3.33. The van der Waals surface area contributed by atoms with Gasteiger partial charge in [0.25, 0.3) is 0 Å². The molecular weight excluding hydrogens is 342 g/mol. The van der Waals surface area contributed by atoms with Crippen molar-refractivity contribution < 1.29 is 18.8 Å². The van der Waals surface area contributed by atoms with Gasteiger partial charge in [0.15, 0.2) is 5.76 Å². The van der Waals surface area contributed by atoms with Crippen LogP contribution in [0.25, 0.3) is 10.6 Å². The summed E-state index contributed by atoms with van der Waals surface area (Å²) in [5.74, 6) is 0.744. The van der Waals surface area contributed by atoms with E-state index in [0.29, 0.717) is 31.0 Å². The summed E-state index contributed by atoms with van der Waals surface area (Å²) in [6.45, 7) is 2.28. The average Bonchev–Trinajstić information content (AvgIpc) is 3.33. The van der Waals surface area contributed by atoms with Gasteiger partial charge in [0.2, 0.25) is 11.8 Å². The molecule has 7 nitrogen and oxygen atoms in total. The normalized spacial score (nSPS) is 14.2. The lowest BCUT2D eigenvalue weighted by molar-refractivity contribution is -0.127. The molecule has 0 spiro atoms. The number of carbonyl (C=O) groups is 2. The van der Waals surface area contributed by atoms with E-state index in [4.69, 9.17) is 9.26 Å². The van der Waals surface area contributed by atoms with E-state index in [2.05, 4.69) is 10.5 Å². The Morgan fingerprint density at radius 3 is 3.16 bits per heavy atom. The van der Waals surface area contributed by atoms with Gasteiger partial charge < -0.3 is 19.5 Å². The molecule has 0 aromatic carbocycles. The zero-order valence-electron chi connectivity index (χ0n) is 13.9. The number of hydrogen-bond donors (Lipinski definition) is 1. The minimum atomic E-state index is -0.172. The van der Waals surface area contributed by atoms with Crippen LogP contribution in [0.1, 0.15) is 25.0 Å². The second kappa shape index (κ2) is 8.77. The molecule has 0 bridgehead atoms. The first-order chi connectivity index (χ1) is 12.2. The third kappa shape index (κ3) is 5.14. The van der Waals surface area contributed by atoms with Crippen molar-refractivity contribution in [1.82, 2.24) is 15.4 Å². The largest absolute Gasteiger partial charge is 0.365 e. The Hall–Kier alpha value is -2.19. The van der Waals surface area contributed by atoms with E-state index >= 15 is 0 Å². The van der Waals surface area contributed by atoms with Crippen LogP contribution in [0.15, 0.2) is 28.1 Å². The average molecular weight is 363 g/mol. The van der Waals surface area contributed by atoms with Crippen LogP contribution in [0.4, 0.5) is 0 Å². The predicted molar refractivity (Wildman–Crippen MR) is 92.9 cm³/mol. The molecular formula is C17H21N3O4S. The summed E-state index contributed by atoms with van der Waals surface area (Å²) in [6.07, 6.45) is 2.34. The first-order valence-corrected chi connectivity index (χ1v) is 9.22. The van der Waals surface area contributed by atoms with Crippen LogP contribution in [0.5, 0.6) is 0 Å². The number of thiophene rings is 1. The van der Waals surface area contributed by atoms with Gasteiger partial charge in [-0.3, -0.25) is 9.59 Å². The molecule has 0 saturated carbocycles. The molecule has 8 heteroatoms. The van der Waals surface area contributed by atoms with E-state index in [-0.39, 0.29) is 25.0 Å². The number of rotatable bonds is 9. The lowest BCUT2D eigenvalue weighted by atomic mass is 10.3. The van der Waals surface area contributed by atoms with Gasteiger partial charge >= 0.3 is 0 Å². The maximum absolute atomic E-state index is 11.7. The molecule has 3 rings (SSSR count). The van der Waals surface area contributed by atoms with Crippen molar-refractivity contribution in [2.75, 3.05) is 26.2 Å². The highest BCUT2D eigenvalue weighted by molar-refractivity contribution is 7.13. The quantitative estimate of drug-likeness (QED) is 0.689. The zero-order valence-corrected chi connectivity index (χ0v) is 14.7. The van der Waals surface area contributed by atoms with Gasteiger partial charge in [-0.2, -0.15) is 0 Å². The summed E-state index contributed by atoms with van der Waals surface area (Å²) in [4.78, 5) is 26.0. The second-order valence-electron chi connectivity index (χ2n) is 5.84. The van der Waals surface area contributed by atoms with Gasteiger partial charge in [0.05, 0.1) is 11.5 Å². The molecule has 0 radical (unpaired) electrons. The van der Waals surface area contributed by atoms with Crippen LogP contribution in [-0.4, -0.2) is 48.1 Å². The number of nitrogens with one attached hydrogen (secondary N) is 1. The van der Waals surface area contributed by atoms with Crippen LogP contribution < -0.4 is 5.32 Å². The smallest absolute Gasteiger partial charge is 0.246 e. The lowest BCUT2D eigenvalue weighted by Gasteiger charge is -2.15. The van der Waals surface area contributed by atoms with Crippen LogP contribution in [0, 0.1) is 0 Å². The maximum atomic E-state index is 11.7. The maximum Gasteiger partial charge on any atom is 0.246 e. The number of amides is 2. The molecule has 1 aliphatic heterocycles. The van der Waals surface area contributed by atoms with E-state index in [1.807, 2.05) is 28.5 Å². The standard InChI is InChI=1S/C17H21N3O4S/c21-16(18-6-3-8-20-7-1-5-17(20)22)12-23-11-13-10-14(24-19-13)15-4-2-9-25-15/h2,4,9-10H,1,3,5-8,11-12H2,(H,18,21). The molecule has 2 amide bonds. The molecule has 25 heavy (non-hydrogen) atoms. The molecule has 0 atom stereocenters. The number of ether oxygens (including phenoxy) is 1. The summed E-state index contributed by atoms with van der Waals surface area (Å²) >= 11 is 1.58. The lowest BCUT2D eigenvalue weighted by Crippen LogP contribution is -2.32. The summed E-state index contributed by atoms with van der Waals surface area (Å²) in [5.41, 5.74) is 0.656. The minimum Gasteiger partial charge on any atom is -0.365 e. The van der Waals surface area contributed by atoms with E-state index in [1.165, 1.54) is 0 Å². The molecule has 1 N–H and O–H groups in total. The van der Waals surface area contributed by atoms with Gasteiger partial charge in [-0.05, 0) is 24.3 Å². The Labute approximate surface area is 149 Å². The predicted octanol–water partition coefficient (Wildman–Crippen LogP) is 2.05. The van der Waals surface area contributed by atoms with Crippen LogP contribution >= 0.6 is 11.3 Å². The summed E-state index contributed by atoms with van der Waals surface area (Å²) < 4.78 is 10.6. The minimum absolute atomic E-state index is 0.0240. The third-order valence-corrected chi connectivity index (χ3v) is 4.79. The Bertz CT molecular complexity index is 699. The summed E-state index contributed by atoms with van der Waals surface area (Å²) in [5, 5.41) is 8.69. The highest BCUT2D eigenvalue weighted by Crippen LogP contribution is 2.25. The van der Waals surface area contributed by atoms with Gasteiger partial charge in [-0.25, -0.2) is 0 Å². The Balaban J connectivity index is 1.28. The molecule has 1 saturated heterocycles. The van der Waals surface area contributed by atoms with Crippen molar-refractivity contribution in [2.45, 2.75) is 25.9 Å². The van der Waals surface area contributed by atoms with Crippen molar-refractivity contribution in [3.8, 4) is 10.6 Å². The summed E-state index contributed by atoms with van der Waals surface area (Å²) in [6, 6.07) is 5.72. The zero-order chi connectivity index (χ0) is 17.5. The van der Waals surface area contributed by atoms with E-state index in [1.54, 1.807) is 11.3 Å². The van der Waals surface area contributed by atoms with Gasteiger partial charge in [-0.15, -0.1) is 11.3 Å². The first-order valence-electron chi connectivity index (χ1n) is 8.34. The van der Waals surface area contributed by atoms with Crippen molar-refractivity contribution in [1.29, 1.82) is 0 Å². The van der Waals surface area contributed by atoms with Crippen molar-refractivity contribution in [2.24, 2.45) is 0 Å². The third-order valence-electron chi connectivity index (χ3n) is 3.90. The number of nitrogens with zero attached hydrogens (tertiary/aromatic N) is 2. The van der Waals surface area contributed by atoms with E-state index < -0.39 is 0 Å². The van der Waals surface area contributed by atoms with E-state index in [0.717, 1.165) is 24.3 Å². The summed E-state index contributed by atoms with van der Waals surface area (Å²) in [7, 11) is 0. The Kier molecular flexibility index (Phi) is 6.19. The molecule has 1 aliphatic rings. The Morgan fingerprint density at radius 1 is 1.48 bits per heavy atom. The number of likely N-dealkylation sites (tertiary alicyclic amines) is 1. The fourth-order valence-electron chi connectivity index (χ4n) is 2.65. The van der Waals surface area contributed by atoms with Crippen LogP contribution in [0.3, 0.4) is 0 Å². The van der Waals surface area contributed by atoms with Gasteiger partial charge in [0.1, 0.15) is 12.3 Å². The first kappa shape index (κ1) is 17.6. The monoisotopic (exact) mass is 363 g/mol. The van der Waals surface area contributed by atoms with Crippen LogP contribution in [0.2, 0.25) is 0 Å². The number of carbonyl (C=O) groups excluding carboxylic acids is 2. The topological polar surface area (TPSA) is 84.7 Å². The molecule has 2 aromatic rings. The van der Waals surface area contributed by atoms with Crippen LogP contribution in [-0.2, 0) is 20.9 Å². The molecule has 0 aliphatic carbocycles. The number of hydrogen-bond acceptors (Lipinski definition) is 6. The van der Waals surface area contributed by atoms with E-state index in [9.17, 15) is 9.59 Å². The molecule has 1 fully saturated rings. The SMILES string of the molecule is O=C(COCc1cc(-c2cccs2)on1)NCCCN1CCCC1=O. The fraction of sp³-hybridized carbons (Fsp3) is 0.471. The number of aromatic nitrogens is 1. The highest BCUT2D eigenvalue weighted by atomic mass is 32.1. The van der Waals surface area contributed by atoms with Crippen molar-refractivity contribution >= 4 is 23.2 Å². The molecule has 0 unspecified atom stereocenters. The Morgan fingerprint density at radius 2 is 2.40 bits per heavy atom. The van der Waals surface area contributed by atoms with Crippen molar-refractivity contribution in [3.63, 3.8) is 0 Å². The molecule has 3 heterocycles. The highest BCUT2D eigenvalue weighted by Gasteiger charge is 2.19. The van der Waals surface area contributed by atoms with Crippen molar-refractivity contribution in [3.05, 3.63) is 29.3 Å². The second-order valence-corrected chi connectivity index (χ2v) is 6.79. The van der Waals surface area contributed by atoms with Gasteiger partial charge in [-0.1, -0.05) is 11.2 Å². The molecule has 134 valence electrons.